The van der Waals surface area contributed by atoms with Crippen LogP contribution < -0.4 is 54.8 Å². The Balaban J connectivity index is 0.00000376. The van der Waals surface area contributed by atoms with Crippen molar-refractivity contribution in [2.45, 2.75) is 154 Å². The highest BCUT2D eigenvalue weighted by Crippen LogP contribution is 2.23. The van der Waals surface area contributed by atoms with E-state index in [1.807, 2.05) is 38.1 Å². The maximum atomic E-state index is 14.4. The van der Waals surface area contributed by atoms with Crippen LogP contribution in [0.2, 0.25) is 0 Å². The Bertz CT molecular complexity index is 2480. The van der Waals surface area contributed by atoms with E-state index in [9.17, 15) is 43.5 Å². The van der Waals surface area contributed by atoms with Gasteiger partial charge in [0.1, 0.15) is 42.3 Å². The number of carbonyl (C=O) groups excluding carboxylic acids is 7. The number of amides is 7. The Kier molecular flexibility index (Phi) is 26.5. The van der Waals surface area contributed by atoms with Crippen LogP contribution in [0.15, 0.2) is 65.8 Å². The van der Waals surface area contributed by atoms with Crippen LogP contribution in [0.1, 0.15) is 104 Å². The molecule has 24 heteroatoms. The van der Waals surface area contributed by atoms with E-state index < -0.39 is 108 Å². The predicted molar refractivity (Wildman–Crippen MR) is 290 cm³/mol. The molecule has 1 aliphatic rings. The molecule has 77 heavy (non-hydrogen) atoms. The van der Waals surface area contributed by atoms with Crippen LogP contribution in [-0.2, 0) is 56.0 Å². The summed E-state index contributed by atoms with van der Waals surface area (Å²) in [7, 11) is 0. The van der Waals surface area contributed by atoms with Crippen LogP contribution in [0.4, 0.5) is 0 Å². The summed E-state index contributed by atoms with van der Waals surface area (Å²) >= 11 is 0. The third-order valence-electron chi connectivity index (χ3n) is 12.7. The lowest BCUT2D eigenvalue weighted by atomic mass is 9.99. The fourth-order valence-electron chi connectivity index (χ4n) is 8.66. The van der Waals surface area contributed by atoms with Gasteiger partial charge in [-0.2, -0.15) is 0 Å². The van der Waals surface area contributed by atoms with Gasteiger partial charge in [-0.25, -0.2) is 4.79 Å². The van der Waals surface area contributed by atoms with Gasteiger partial charge in [0.05, 0.1) is 6.04 Å². The number of aromatic nitrogens is 1. The fourth-order valence-corrected chi connectivity index (χ4v) is 8.66. The topological polar surface area (TPSA) is 402 Å². The third-order valence-corrected chi connectivity index (χ3v) is 12.7. The average Bonchev–Trinajstić information content (AvgIpc) is 4.03. The van der Waals surface area contributed by atoms with Gasteiger partial charge in [0.25, 0.3) is 5.97 Å². The highest BCUT2D eigenvalue weighted by Gasteiger charge is 2.40. The largest absolute Gasteiger partial charge is 0.481 e. The SMILES string of the molecule is CC(=O)O.CC(C)CC(NC(=O)C(C)NC(=O)C1CCCN1C(=O)C(Cc1c[nH]c2ccccc12)NC(=O)C(N)CCCCN)C(=O)NC(Cc1ccccc1)C(=O)NC(C(=O)NC(CCCN=C(N)N)C(=O)O)C(C)C. The number of unbranched alkanes of at least 4 members (excludes halogenated alkanes) is 1. The highest BCUT2D eigenvalue weighted by molar-refractivity contribution is 5.98. The molecule has 4 rings (SSSR count). The van der Waals surface area contributed by atoms with Crippen molar-refractivity contribution in [1.29, 1.82) is 0 Å². The number of nitrogens with one attached hydrogen (secondary N) is 7. The van der Waals surface area contributed by atoms with Crippen LogP contribution in [-0.4, -0.2) is 147 Å². The monoisotopic (exact) mass is 1080 g/mol. The molecule has 0 spiro atoms. The van der Waals surface area contributed by atoms with Crippen molar-refractivity contribution in [3.05, 3.63) is 71.9 Å². The standard InChI is InChI=1S/C51H77N13O9.C2H4O2/c1-29(2)25-38(45(67)61-39(26-32-15-7-6-8-16-32)46(68)63-42(30(3)4)48(70)59-37(50(72)73)20-13-23-56-51(54)55)60-43(65)31(5)58-47(69)41-21-14-24-64(41)49(71)40(62-44(66)35(53)18-11-12-22-52)27-33-28-57-36-19-10-9-17-34(33)36;1-2(3)4/h6-10,15-17,19,28-31,35,37-42,57H,11-14,18,20-27,52-53H2,1-5H3,(H,58,69)(H,59,70)(H,60,65)(H,61,67)(H,62,66)(H,63,68)(H,72,73)(H4,54,55,56);1H3,(H,3,4). The minimum Gasteiger partial charge on any atom is -0.481 e. The normalized spacial score (nSPS) is 15.8. The number of carboxylic acids is 2. The zero-order valence-electron chi connectivity index (χ0n) is 45.0. The molecule has 2 heterocycles. The number of fused-ring (bicyclic) bond motifs is 1. The molecule has 24 nitrogen and oxygen atoms in total. The Labute approximate surface area is 449 Å². The molecule has 0 saturated carbocycles. The molecule has 17 N–H and O–H groups in total. The van der Waals surface area contributed by atoms with Crippen LogP contribution in [0, 0.1) is 11.8 Å². The van der Waals surface area contributed by atoms with Gasteiger partial charge >= 0.3 is 5.97 Å². The van der Waals surface area contributed by atoms with E-state index >= 15 is 0 Å². The van der Waals surface area contributed by atoms with E-state index in [-0.39, 0.29) is 57.1 Å². The predicted octanol–water partition coefficient (Wildman–Crippen LogP) is 0.260. The van der Waals surface area contributed by atoms with E-state index in [4.69, 9.17) is 32.8 Å². The first-order valence-corrected chi connectivity index (χ1v) is 26.1. The molecule has 3 aromatic rings. The van der Waals surface area contributed by atoms with Crippen molar-refractivity contribution in [1.82, 2.24) is 41.8 Å². The number of rotatable bonds is 29. The Morgan fingerprint density at radius 3 is 1.95 bits per heavy atom. The van der Waals surface area contributed by atoms with Gasteiger partial charge in [-0.15, -0.1) is 0 Å². The summed E-state index contributed by atoms with van der Waals surface area (Å²) in [4.78, 5) is 127. The number of H-pyrrole nitrogens is 1. The molecule has 0 radical (unpaired) electrons. The number of para-hydroxylation sites is 1. The number of nitrogens with two attached hydrogens (primary N) is 4. The number of benzene rings is 2. The Hall–Kier alpha value is -7.60. The molecule has 1 aliphatic heterocycles. The Morgan fingerprint density at radius 2 is 1.32 bits per heavy atom. The molecule has 0 bridgehead atoms. The number of aliphatic carboxylic acids is 2. The number of carbonyl (C=O) groups is 9. The molecule has 0 aliphatic carbocycles. The lowest BCUT2D eigenvalue weighted by Gasteiger charge is -2.30. The number of hydrogen-bond donors (Lipinski definition) is 13. The molecule has 424 valence electrons. The number of aliphatic imine (C=N–C) groups is 1. The van der Waals surface area contributed by atoms with Gasteiger partial charge in [0.15, 0.2) is 5.96 Å². The molecule has 2 aromatic carbocycles. The number of hydrogen-bond acceptors (Lipinski definition) is 12. The smallest absolute Gasteiger partial charge is 0.326 e. The highest BCUT2D eigenvalue weighted by atomic mass is 16.4. The first-order valence-electron chi connectivity index (χ1n) is 26.1. The van der Waals surface area contributed by atoms with E-state index in [0.29, 0.717) is 44.2 Å². The van der Waals surface area contributed by atoms with Crippen molar-refractivity contribution in [3.63, 3.8) is 0 Å². The van der Waals surface area contributed by atoms with E-state index in [1.54, 1.807) is 50.4 Å². The number of carboxylic acid groups (broad SMARTS) is 2. The summed E-state index contributed by atoms with van der Waals surface area (Å²) in [6, 6.07) is 7.33. The van der Waals surface area contributed by atoms with Crippen LogP contribution in [0.5, 0.6) is 0 Å². The quantitative estimate of drug-likeness (QED) is 0.0252. The summed E-state index contributed by atoms with van der Waals surface area (Å²) in [6.45, 7) is 10.4. The molecular formula is C53H81N13O11. The average molecular weight is 1080 g/mol. The second-order valence-corrected chi connectivity index (χ2v) is 20.0. The number of aromatic amines is 1. The fraction of sp³-hybridized carbons (Fsp3) is 0.547. The van der Waals surface area contributed by atoms with E-state index in [1.165, 1.54) is 11.8 Å². The zero-order chi connectivity index (χ0) is 57.4. The maximum absolute atomic E-state index is 14.4. The summed E-state index contributed by atoms with van der Waals surface area (Å²) in [6.07, 6.45) is 4.76. The number of likely N-dealkylation sites (tertiary alicyclic amines) is 1. The van der Waals surface area contributed by atoms with Gasteiger partial charge in [0.2, 0.25) is 41.4 Å². The summed E-state index contributed by atoms with van der Waals surface area (Å²) in [5, 5.41) is 34.4. The summed E-state index contributed by atoms with van der Waals surface area (Å²) in [5.74, 6) is -7.39. The minimum atomic E-state index is -1.30. The molecule has 1 saturated heterocycles. The van der Waals surface area contributed by atoms with Crippen molar-refractivity contribution >= 4 is 70.2 Å². The zero-order valence-corrected chi connectivity index (χ0v) is 45.0. The van der Waals surface area contributed by atoms with Crippen LogP contribution in [0.3, 0.4) is 0 Å². The Morgan fingerprint density at radius 1 is 0.714 bits per heavy atom. The van der Waals surface area contributed by atoms with Crippen molar-refractivity contribution in [3.8, 4) is 0 Å². The van der Waals surface area contributed by atoms with Gasteiger partial charge < -0.3 is 74.9 Å². The lowest BCUT2D eigenvalue weighted by Crippen LogP contribution is -2.60. The molecule has 1 aromatic heterocycles. The summed E-state index contributed by atoms with van der Waals surface area (Å²) in [5.41, 5.74) is 24.9. The molecule has 1 fully saturated rings. The van der Waals surface area contributed by atoms with E-state index in [0.717, 1.165) is 23.4 Å². The maximum Gasteiger partial charge on any atom is 0.326 e. The third kappa shape index (κ3) is 21.5. The molecular weight excluding hydrogens is 995 g/mol. The first kappa shape index (κ1) is 63.7. The molecule has 8 unspecified atom stereocenters. The van der Waals surface area contributed by atoms with Gasteiger partial charge in [-0.1, -0.05) is 82.6 Å². The van der Waals surface area contributed by atoms with E-state index in [2.05, 4.69) is 41.9 Å². The minimum absolute atomic E-state index is 0.00722. The van der Waals surface area contributed by atoms with Crippen LogP contribution in [0.25, 0.3) is 10.9 Å². The number of guanidine groups is 1. The van der Waals surface area contributed by atoms with Crippen molar-refractivity contribution < 1.29 is 53.4 Å². The second kappa shape index (κ2) is 32.1. The second-order valence-electron chi connectivity index (χ2n) is 20.0. The van der Waals surface area contributed by atoms with Gasteiger partial charge in [-0.3, -0.25) is 43.3 Å². The first-order chi connectivity index (χ1) is 36.4. The van der Waals surface area contributed by atoms with Gasteiger partial charge in [-0.05, 0) is 87.4 Å². The molecule has 8 atom stereocenters. The van der Waals surface area contributed by atoms with Crippen molar-refractivity contribution in [2.75, 3.05) is 19.6 Å². The lowest BCUT2D eigenvalue weighted by molar-refractivity contribution is -0.143. The van der Waals surface area contributed by atoms with Gasteiger partial charge in [0, 0.05) is 50.0 Å². The number of nitrogens with zero attached hydrogens (tertiary/aromatic N) is 2. The summed E-state index contributed by atoms with van der Waals surface area (Å²) < 4.78 is 0. The van der Waals surface area contributed by atoms with Crippen molar-refractivity contribution in [2.24, 2.45) is 39.8 Å². The van der Waals surface area contributed by atoms with Crippen LogP contribution >= 0.6 is 0 Å². The molecule has 7 amide bonds.